The van der Waals surface area contributed by atoms with Gasteiger partial charge in [0.1, 0.15) is 6.17 Å². The molecule has 0 spiro atoms. The molecule has 0 aliphatic carbocycles. The molecular formula is C8H14N2O3S. The molecule has 6 heteroatoms. The van der Waals surface area contributed by atoms with Crippen LogP contribution in [-0.4, -0.2) is 37.3 Å². The third-order valence-corrected chi connectivity index (χ3v) is 4.26. The van der Waals surface area contributed by atoms with E-state index in [1.54, 1.807) is 0 Å². The van der Waals surface area contributed by atoms with Gasteiger partial charge in [-0.25, -0.2) is 13.2 Å². The summed E-state index contributed by atoms with van der Waals surface area (Å²) in [5, 5.41) is 0. The van der Waals surface area contributed by atoms with E-state index in [9.17, 15) is 13.2 Å². The molecule has 1 aliphatic heterocycles. The Balaban J connectivity index is 2.81. The van der Waals surface area contributed by atoms with Crippen LogP contribution in [0.25, 0.3) is 0 Å². The Morgan fingerprint density at radius 1 is 1.57 bits per heavy atom. The van der Waals surface area contributed by atoms with Crippen molar-refractivity contribution >= 4 is 16.1 Å². The summed E-state index contributed by atoms with van der Waals surface area (Å²) in [6.07, 6.45) is 2.88. The molecule has 1 fully saturated rings. The Labute approximate surface area is 83.9 Å². The first-order chi connectivity index (χ1) is 6.61. The Morgan fingerprint density at radius 2 is 2.29 bits per heavy atom. The lowest BCUT2D eigenvalue weighted by Gasteiger charge is -2.19. The molecule has 0 aromatic rings. The van der Waals surface area contributed by atoms with Gasteiger partial charge in [-0.1, -0.05) is 6.92 Å². The maximum Gasteiger partial charge on any atom is 0.236 e. The quantitative estimate of drug-likeness (QED) is 0.509. The largest absolute Gasteiger partial charge is 0.236 e. The van der Waals surface area contributed by atoms with Crippen LogP contribution in [0.4, 0.5) is 0 Å². The van der Waals surface area contributed by atoms with Gasteiger partial charge in [0, 0.05) is 6.54 Å². The maximum absolute atomic E-state index is 11.7. The molecule has 1 rings (SSSR count). The number of isocyanates is 1. The lowest BCUT2D eigenvalue weighted by Crippen LogP contribution is -2.35. The van der Waals surface area contributed by atoms with Crippen molar-refractivity contribution in [2.75, 3.05) is 12.3 Å². The van der Waals surface area contributed by atoms with Gasteiger partial charge in [0.05, 0.1) is 5.75 Å². The zero-order chi connectivity index (χ0) is 10.6. The molecule has 0 N–H and O–H groups in total. The molecule has 5 nitrogen and oxygen atoms in total. The van der Waals surface area contributed by atoms with E-state index in [0.717, 1.165) is 6.42 Å². The van der Waals surface area contributed by atoms with Crippen molar-refractivity contribution in [1.29, 1.82) is 0 Å². The van der Waals surface area contributed by atoms with E-state index < -0.39 is 16.2 Å². The fraction of sp³-hybridized carbons (Fsp3) is 0.875. The lowest BCUT2D eigenvalue weighted by molar-refractivity contribution is 0.395. The zero-order valence-electron chi connectivity index (χ0n) is 8.14. The van der Waals surface area contributed by atoms with Crippen LogP contribution in [0.5, 0.6) is 0 Å². The zero-order valence-corrected chi connectivity index (χ0v) is 8.96. The first kappa shape index (κ1) is 11.4. The Morgan fingerprint density at radius 3 is 2.86 bits per heavy atom. The smallest absolute Gasteiger partial charge is 0.212 e. The SMILES string of the molecule is CCCS(=O)(=O)N1CCCC1N=C=O. The van der Waals surface area contributed by atoms with Crippen LogP contribution < -0.4 is 0 Å². The molecule has 1 atom stereocenters. The van der Waals surface area contributed by atoms with Crippen LogP contribution >= 0.6 is 0 Å². The molecule has 0 aromatic heterocycles. The Bertz CT molecular complexity index is 332. The van der Waals surface area contributed by atoms with E-state index in [1.165, 1.54) is 10.4 Å². The van der Waals surface area contributed by atoms with Crippen LogP contribution in [0.15, 0.2) is 4.99 Å². The highest BCUT2D eigenvalue weighted by atomic mass is 32.2. The first-order valence-electron chi connectivity index (χ1n) is 4.68. The minimum absolute atomic E-state index is 0.123. The monoisotopic (exact) mass is 218 g/mol. The predicted molar refractivity (Wildman–Crippen MR) is 51.9 cm³/mol. The molecular weight excluding hydrogens is 204 g/mol. The molecule has 0 radical (unpaired) electrons. The molecule has 0 bridgehead atoms. The number of rotatable bonds is 4. The summed E-state index contributed by atoms with van der Waals surface area (Å²) < 4.78 is 24.6. The third kappa shape index (κ3) is 2.41. The average Bonchev–Trinajstić information content (AvgIpc) is 2.53. The second-order valence-electron chi connectivity index (χ2n) is 3.27. The summed E-state index contributed by atoms with van der Waals surface area (Å²) >= 11 is 0. The van der Waals surface area contributed by atoms with Crippen LogP contribution in [0.1, 0.15) is 26.2 Å². The first-order valence-corrected chi connectivity index (χ1v) is 6.29. The van der Waals surface area contributed by atoms with Crippen molar-refractivity contribution in [1.82, 2.24) is 4.31 Å². The fourth-order valence-electron chi connectivity index (χ4n) is 1.61. The van der Waals surface area contributed by atoms with Gasteiger partial charge >= 0.3 is 0 Å². The van der Waals surface area contributed by atoms with Crippen LogP contribution in [0.3, 0.4) is 0 Å². The number of aliphatic imine (C=N–C) groups is 1. The molecule has 80 valence electrons. The van der Waals surface area contributed by atoms with Gasteiger partial charge in [-0.3, -0.25) is 0 Å². The second-order valence-corrected chi connectivity index (χ2v) is 5.31. The topological polar surface area (TPSA) is 66.8 Å². The van der Waals surface area contributed by atoms with Crippen LogP contribution in [-0.2, 0) is 14.8 Å². The van der Waals surface area contributed by atoms with Gasteiger partial charge in [-0.15, -0.1) is 0 Å². The third-order valence-electron chi connectivity index (χ3n) is 2.19. The fourth-order valence-corrected chi connectivity index (χ4v) is 3.29. The molecule has 0 saturated carbocycles. The second kappa shape index (κ2) is 4.68. The van der Waals surface area contributed by atoms with Gasteiger partial charge in [-0.2, -0.15) is 9.30 Å². The van der Waals surface area contributed by atoms with Gasteiger partial charge in [-0.05, 0) is 19.3 Å². The Kier molecular flexibility index (Phi) is 3.80. The standard InChI is InChI=1S/C8H14N2O3S/c1-2-6-14(12,13)10-5-3-4-8(10)9-7-11/h8H,2-6H2,1H3. The highest BCUT2D eigenvalue weighted by Crippen LogP contribution is 2.22. The van der Waals surface area contributed by atoms with E-state index in [1.807, 2.05) is 6.92 Å². The number of sulfonamides is 1. The van der Waals surface area contributed by atoms with E-state index in [-0.39, 0.29) is 5.75 Å². The van der Waals surface area contributed by atoms with Crippen molar-refractivity contribution in [3.05, 3.63) is 0 Å². The number of hydrogen-bond donors (Lipinski definition) is 0. The summed E-state index contributed by atoms with van der Waals surface area (Å²) in [4.78, 5) is 13.6. The normalized spacial score (nSPS) is 23.4. The molecule has 1 unspecified atom stereocenters. The van der Waals surface area contributed by atoms with Gasteiger partial charge in [0.2, 0.25) is 16.1 Å². The molecule has 0 amide bonds. The number of carbonyl (C=O) groups excluding carboxylic acids is 1. The molecule has 14 heavy (non-hydrogen) atoms. The molecule has 0 aromatic carbocycles. The van der Waals surface area contributed by atoms with E-state index in [2.05, 4.69) is 4.99 Å². The summed E-state index contributed by atoms with van der Waals surface area (Å²) in [5.74, 6) is 0.123. The summed E-state index contributed by atoms with van der Waals surface area (Å²) in [7, 11) is -3.22. The van der Waals surface area contributed by atoms with Crippen LogP contribution in [0, 0.1) is 0 Å². The van der Waals surface area contributed by atoms with E-state index in [4.69, 9.17) is 0 Å². The lowest BCUT2D eigenvalue weighted by atomic mass is 10.3. The van der Waals surface area contributed by atoms with Crippen LogP contribution in [0.2, 0.25) is 0 Å². The molecule has 1 heterocycles. The highest BCUT2D eigenvalue weighted by Gasteiger charge is 2.33. The number of hydrogen-bond acceptors (Lipinski definition) is 4. The summed E-state index contributed by atoms with van der Waals surface area (Å²) in [6, 6.07) is 0. The van der Waals surface area contributed by atoms with Gasteiger partial charge < -0.3 is 0 Å². The van der Waals surface area contributed by atoms with Crippen molar-refractivity contribution in [2.24, 2.45) is 4.99 Å². The minimum atomic E-state index is -3.22. The molecule has 1 aliphatic rings. The van der Waals surface area contributed by atoms with Gasteiger partial charge in [0.25, 0.3) is 0 Å². The maximum atomic E-state index is 11.7. The van der Waals surface area contributed by atoms with Gasteiger partial charge in [0.15, 0.2) is 0 Å². The molecule has 1 saturated heterocycles. The number of nitrogens with zero attached hydrogens (tertiary/aromatic N) is 2. The van der Waals surface area contributed by atoms with E-state index >= 15 is 0 Å². The highest BCUT2D eigenvalue weighted by molar-refractivity contribution is 7.89. The minimum Gasteiger partial charge on any atom is -0.212 e. The Hall–Kier alpha value is -0.710. The van der Waals surface area contributed by atoms with Crippen molar-refractivity contribution in [3.8, 4) is 0 Å². The van der Waals surface area contributed by atoms with Crippen molar-refractivity contribution < 1.29 is 13.2 Å². The average molecular weight is 218 g/mol. The van der Waals surface area contributed by atoms with Crippen molar-refractivity contribution in [2.45, 2.75) is 32.4 Å². The summed E-state index contributed by atoms with van der Waals surface area (Å²) in [5.41, 5.74) is 0. The van der Waals surface area contributed by atoms with Crippen molar-refractivity contribution in [3.63, 3.8) is 0 Å². The van der Waals surface area contributed by atoms with E-state index in [0.29, 0.717) is 19.4 Å². The predicted octanol–water partition coefficient (Wildman–Crippen LogP) is 0.484. The summed E-state index contributed by atoms with van der Waals surface area (Å²) in [6.45, 7) is 2.28.